The van der Waals surface area contributed by atoms with Crippen LogP contribution in [0.25, 0.3) is 5.57 Å². The van der Waals surface area contributed by atoms with Crippen LogP contribution in [-0.2, 0) is 0 Å². The molecule has 0 heteroatoms. The molecule has 2 unspecified atom stereocenters. The summed E-state index contributed by atoms with van der Waals surface area (Å²) in [4.78, 5) is 0. The highest BCUT2D eigenvalue weighted by Gasteiger charge is 2.33. The summed E-state index contributed by atoms with van der Waals surface area (Å²) in [7, 11) is 0. The van der Waals surface area contributed by atoms with E-state index in [9.17, 15) is 0 Å². The van der Waals surface area contributed by atoms with E-state index in [1.54, 1.807) is 5.57 Å². The average Bonchev–Trinajstić information content (AvgIpc) is 3.55. The Labute approximate surface area is 202 Å². The molecule has 0 radical (unpaired) electrons. The van der Waals surface area contributed by atoms with E-state index in [1.165, 1.54) is 28.7 Å². The van der Waals surface area contributed by atoms with E-state index in [2.05, 4.69) is 95.8 Å². The molecule has 1 fully saturated rings. The van der Waals surface area contributed by atoms with Crippen molar-refractivity contribution in [1.29, 1.82) is 0 Å². The summed E-state index contributed by atoms with van der Waals surface area (Å²) in [6.07, 6.45) is 12.1. The minimum absolute atomic E-state index is 0.893. The first kappa shape index (κ1) is 34.5. The summed E-state index contributed by atoms with van der Waals surface area (Å²) in [5.74, 6) is 1.83. The van der Waals surface area contributed by atoms with Gasteiger partial charge in [-0.2, -0.15) is 0 Å². The Hall–Kier alpha value is -2.08. The Bertz CT molecular complexity index is 705. The van der Waals surface area contributed by atoms with Gasteiger partial charge in [0.15, 0.2) is 0 Å². The molecule has 1 aromatic carbocycles. The Morgan fingerprint density at radius 2 is 1.34 bits per heavy atom. The normalized spacial score (nSPS) is 17.3. The van der Waals surface area contributed by atoms with E-state index in [4.69, 9.17) is 0 Å². The van der Waals surface area contributed by atoms with Gasteiger partial charge in [0.1, 0.15) is 0 Å². The van der Waals surface area contributed by atoms with Gasteiger partial charge in [0.25, 0.3) is 0 Å². The van der Waals surface area contributed by atoms with Crippen molar-refractivity contribution in [3.63, 3.8) is 0 Å². The Morgan fingerprint density at radius 3 is 1.69 bits per heavy atom. The third-order valence-electron chi connectivity index (χ3n) is 4.74. The maximum absolute atomic E-state index is 3.91. The van der Waals surface area contributed by atoms with E-state index in [1.807, 2.05) is 55.4 Å². The van der Waals surface area contributed by atoms with Gasteiger partial charge in [0, 0.05) is 0 Å². The van der Waals surface area contributed by atoms with Crippen LogP contribution in [-0.4, -0.2) is 0 Å². The number of allylic oxidation sites excluding steroid dienone is 9. The quantitative estimate of drug-likeness (QED) is 0.401. The van der Waals surface area contributed by atoms with Crippen molar-refractivity contribution in [2.24, 2.45) is 11.8 Å². The second kappa shape index (κ2) is 22.1. The van der Waals surface area contributed by atoms with Gasteiger partial charge in [-0.3, -0.25) is 0 Å². The van der Waals surface area contributed by atoms with Crippen LogP contribution in [0.3, 0.4) is 0 Å². The summed E-state index contributed by atoms with van der Waals surface area (Å²) in [5, 5.41) is 0. The molecule has 0 aliphatic heterocycles. The molecule has 0 amide bonds. The van der Waals surface area contributed by atoms with Crippen molar-refractivity contribution >= 4 is 5.57 Å². The van der Waals surface area contributed by atoms with Gasteiger partial charge in [-0.1, -0.05) is 132 Å². The van der Waals surface area contributed by atoms with Crippen LogP contribution >= 0.6 is 0 Å². The summed E-state index contributed by atoms with van der Waals surface area (Å²) < 4.78 is 0. The fourth-order valence-corrected chi connectivity index (χ4v) is 2.92. The van der Waals surface area contributed by atoms with Gasteiger partial charge in [-0.25, -0.2) is 0 Å². The Balaban J connectivity index is -0.000000437. The first-order valence-electron chi connectivity index (χ1n) is 12.7. The second-order valence-corrected chi connectivity index (χ2v) is 7.55. The summed E-state index contributed by atoms with van der Waals surface area (Å²) in [6.45, 7) is 30.9. The van der Waals surface area contributed by atoms with Crippen molar-refractivity contribution in [3.8, 4) is 0 Å². The predicted octanol–water partition coefficient (Wildman–Crippen LogP) is 11.2. The fraction of sp³-hybridized carbons (Fsp3) is 0.500. The highest BCUT2D eigenvalue weighted by atomic mass is 14.4. The van der Waals surface area contributed by atoms with Gasteiger partial charge in [0.2, 0.25) is 0 Å². The topological polar surface area (TPSA) is 0 Å². The average molecular weight is 439 g/mol. The number of rotatable bonds is 5. The molecular formula is C32H54. The molecule has 0 heterocycles. The molecule has 1 aliphatic rings. The van der Waals surface area contributed by atoms with Crippen molar-refractivity contribution in [1.82, 2.24) is 0 Å². The van der Waals surface area contributed by atoms with Crippen molar-refractivity contribution < 1.29 is 0 Å². The zero-order valence-electron chi connectivity index (χ0n) is 23.8. The minimum atomic E-state index is 0.893. The van der Waals surface area contributed by atoms with Crippen molar-refractivity contribution in [2.75, 3.05) is 0 Å². The molecule has 1 aliphatic carbocycles. The van der Waals surface area contributed by atoms with E-state index >= 15 is 0 Å². The summed E-state index contributed by atoms with van der Waals surface area (Å²) in [5.41, 5.74) is 7.76. The van der Waals surface area contributed by atoms with Crippen molar-refractivity contribution in [2.45, 2.75) is 96.4 Å². The van der Waals surface area contributed by atoms with E-state index in [0.29, 0.717) is 0 Å². The second-order valence-electron chi connectivity index (χ2n) is 7.55. The molecule has 0 saturated heterocycles. The van der Waals surface area contributed by atoms with Crippen LogP contribution in [0.15, 0.2) is 77.9 Å². The largest absolute Gasteiger partial charge is 0.0961 e. The molecule has 0 N–H and O–H groups in total. The van der Waals surface area contributed by atoms with Gasteiger partial charge < -0.3 is 0 Å². The number of hydrogen-bond acceptors (Lipinski definition) is 0. The van der Waals surface area contributed by atoms with Gasteiger partial charge >= 0.3 is 0 Å². The lowest BCUT2D eigenvalue weighted by atomic mass is 10.0. The monoisotopic (exact) mass is 438 g/mol. The van der Waals surface area contributed by atoms with Crippen LogP contribution in [0.1, 0.15) is 101 Å². The number of aryl methyl sites for hydroxylation is 1. The zero-order chi connectivity index (χ0) is 25.7. The highest BCUT2D eigenvalue weighted by molar-refractivity contribution is 5.75. The lowest BCUT2D eigenvalue weighted by Crippen LogP contribution is -1.82. The highest BCUT2D eigenvalue weighted by Crippen LogP contribution is 2.43. The molecule has 0 bridgehead atoms. The maximum Gasteiger partial charge on any atom is -0.0174 e. The molecule has 1 aromatic rings. The third kappa shape index (κ3) is 16.6. The molecule has 0 nitrogen and oxygen atoms in total. The van der Waals surface area contributed by atoms with Crippen LogP contribution in [0, 0.1) is 18.8 Å². The standard InChI is InChI=1S/C15H18.C11H18.3C2H6/c1-5-6-15(11-12(2)3)14-9-7-13(4)8-10-14;1-5-8(2)6-9(3)11-7-10(11)4;3*1-2/h5-11H,2H2,1,3-4H3;5-6,10-11H,7H2,1-4H3;3*1-2H3/b6-5-,15-11+;8-5-,9-6+;;;. The summed E-state index contributed by atoms with van der Waals surface area (Å²) >= 11 is 0. The van der Waals surface area contributed by atoms with E-state index in [0.717, 1.165) is 17.4 Å². The molecule has 32 heavy (non-hydrogen) atoms. The Kier molecular flexibility index (Phi) is 23.9. The first-order valence-corrected chi connectivity index (χ1v) is 12.7. The van der Waals surface area contributed by atoms with Crippen molar-refractivity contribution in [3.05, 3.63) is 89.1 Å². The summed E-state index contributed by atoms with van der Waals surface area (Å²) in [6, 6.07) is 8.55. The van der Waals surface area contributed by atoms with E-state index in [-0.39, 0.29) is 0 Å². The van der Waals surface area contributed by atoms with Gasteiger partial charge in [0.05, 0.1) is 0 Å². The number of benzene rings is 1. The van der Waals surface area contributed by atoms with Crippen LogP contribution in [0.5, 0.6) is 0 Å². The zero-order valence-corrected chi connectivity index (χ0v) is 23.8. The molecular weight excluding hydrogens is 384 g/mol. The first-order chi connectivity index (χ1) is 15.3. The van der Waals surface area contributed by atoms with Gasteiger partial charge in [-0.05, 0) is 70.9 Å². The molecule has 2 atom stereocenters. The molecule has 0 spiro atoms. The molecule has 182 valence electrons. The minimum Gasteiger partial charge on any atom is -0.0961 e. The molecule has 2 rings (SSSR count). The lowest BCUT2D eigenvalue weighted by molar-refractivity contribution is 0.854. The lowest BCUT2D eigenvalue weighted by Gasteiger charge is -2.03. The molecule has 1 saturated carbocycles. The Morgan fingerprint density at radius 1 is 0.875 bits per heavy atom. The smallest absolute Gasteiger partial charge is 0.0174 e. The van der Waals surface area contributed by atoms with Crippen LogP contribution < -0.4 is 0 Å². The van der Waals surface area contributed by atoms with Crippen LogP contribution in [0.4, 0.5) is 0 Å². The third-order valence-corrected chi connectivity index (χ3v) is 4.74. The molecule has 0 aromatic heterocycles. The fourth-order valence-electron chi connectivity index (χ4n) is 2.92. The van der Waals surface area contributed by atoms with E-state index < -0.39 is 0 Å². The predicted molar refractivity (Wildman–Crippen MR) is 153 cm³/mol. The van der Waals surface area contributed by atoms with Gasteiger partial charge in [-0.15, -0.1) is 0 Å². The maximum atomic E-state index is 3.91. The number of hydrogen-bond donors (Lipinski definition) is 0. The SMILES string of the molecule is C/C=C(C)\C=C(/C)C1CC1C.C=C(C)/C=C(\C=C/C)c1ccc(C)cc1.CC.CC.CC. The van der Waals surface area contributed by atoms with Crippen LogP contribution in [0.2, 0.25) is 0 Å².